The zero-order valence-corrected chi connectivity index (χ0v) is 15.6. The van der Waals surface area contributed by atoms with Crippen molar-refractivity contribution in [3.05, 3.63) is 60.0 Å². The molecule has 0 aliphatic rings. The molecule has 4 heteroatoms. The van der Waals surface area contributed by atoms with Crippen LogP contribution in [0.5, 0.6) is 0 Å². The van der Waals surface area contributed by atoms with E-state index in [1.54, 1.807) is 6.20 Å². The molecule has 0 radical (unpaired) electrons. The molecule has 0 spiro atoms. The minimum Gasteiger partial charge on any atom is -0.254 e. The van der Waals surface area contributed by atoms with Crippen LogP contribution in [0.15, 0.2) is 48.9 Å². The fourth-order valence-electron chi connectivity index (χ4n) is 3.18. The Morgan fingerprint density at radius 2 is 1.58 bits per heavy atom. The lowest BCUT2D eigenvalue weighted by Crippen LogP contribution is -1.97. The molecule has 4 rings (SSSR count). The van der Waals surface area contributed by atoms with E-state index in [1.807, 2.05) is 18.5 Å². The van der Waals surface area contributed by atoms with Crippen molar-refractivity contribution in [2.45, 2.75) is 39.5 Å². The molecule has 0 saturated carbocycles. The van der Waals surface area contributed by atoms with Gasteiger partial charge in [-0.25, -0.2) is 9.97 Å². The highest BCUT2D eigenvalue weighted by molar-refractivity contribution is 5.85. The number of pyridine rings is 4. The van der Waals surface area contributed by atoms with Gasteiger partial charge >= 0.3 is 0 Å². The first-order chi connectivity index (χ1) is 12.5. The Hall–Kier alpha value is -2.88. The molecule has 4 nitrogen and oxygen atoms in total. The van der Waals surface area contributed by atoms with Gasteiger partial charge in [-0.3, -0.25) is 9.97 Å². The highest BCUT2D eigenvalue weighted by atomic mass is 14.8. The van der Waals surface area contributed by atoms with Gasteiger partial charge < -0.3 is 0 Å². The van der Waals surface area contributed by atoms with Gasteiger partial charge in [0, 0.05) is 29.5 Å². The maximum Gasteiger partial charge on any atom is 0.160 e. The van der Waals surface area contributed by atoms with Crippen LogP contribution in [-0.4, -0.2) is 19.9 Å². The average molecular weight is 342 g/mol. The number of fused-ring (bicyclic) bond motifs is 2. The number of hydrogen-bond acceptors (Lipinski definition) is 4. The molecule has 0 aliphatic carbocycles. The third kappa shape index (κ3) is 2.92. The summed E-state index contributed by atoms with van der Waals surface area (Å²) in [6, 6.07) is 10.4. The molecule has 4 aromatic heterocycles. The second kappa shape index (κ2) is 6.45. The van der Waals surface area contributed by atoms with Crippen LogP contribution in [0.3, 0.4) is 0 Å². The highest BCUT2D eigenvalue weighted by Crippen LogP contribution is 2.29. The van der Waals surface area contributed by atoms with E-state index < -0.39 is 0 Å². The standard InChI is InChI=1S/C22H22N4/c1-13(2)15-8-20-21(24-11-15)9-16(12-25-20)19-10-18(14(3)4)17-6-5-7-23-22(17)26-19/h5-14H,1-4H3. The molecular weight excluding hydrogens is 320 g/mol. The fourth-order valence-corrected chi connectivity index (χ4v) is 3.18. The molecule has 130 valence electrons. The normalized spacial score (nSPS) is 11.8. The van der Waals surface area contributed by atoms with Crippen LogP contribution < -0.4 is 0 Å². The summed E-state index contributed by atoms with van der Waals surface area (Å²) >= 11 is 0. The smallest absolute Gasteiger partial charge is 0.160 e. The van der Waals surface area contributed by atoms with Gasteiger partial charge in [-0.15, -0.1) is 0 Å². The monoisotopic (exact) mass is 342 g/mol. The van der Waals surface area contributed by atoms with Gasteiger partial charge in [-0.1, -0.05) is 27.7 Å². The van der Waals surface area contributed by atoms with Crippen molar-refractivity contribution < 1.29 is 0 Å². The maximum absolute atomic E-state index is 4.76. The van der Waals surface area contributed by atoms with E-state index in [0.29, 0.717) is 11.8 Å². The Morgan fingerprint density at radius 3 is 2.35 bits per heavy atom. The van der Waals surface area contributed by atoms with E-state index in [2.05, 4.69) is 66.9 Å². The lowest BCUT2D eigenvalue weighted by atomic mass is 9.98. The molecule has 4 heterocycles. The topological polar surface area (TPSA) is 51.6 Å². The Morgan fingerprint density at radius 1 is 0.808 bits per heavy atom. The number of hydrogen-bond donors (Lipinski definition) is 0. The molecule has 0 aliphatic heterocycles. The third-order valence-electron chi connectivity index (χ3n) is 4.75. The summed E-state index contributed by atoms with van der Waals surface area (Å²) in [5.74, 6) is 0.832. The minimum atomic E-state index is 0.392. The van der Waals surface area contributed by atoms with Crippen LogP contribution >= 0.6 is 0 Å². The molecule has 26 heavy (non-hydrogen) atoms. The van der Waals surface area contributed by atoms with Crippen molar-refractivity contribution in [3.8, 4) is 11.3 Å². The molecule has 0 saturated heterocycles. The van der Waals surface area contributed by atoms with E-state index in [0.717, 1.165) is 33.3 Å². The first kappa shape index (κ1) is 16.6. The summed E-state index contributed by atoms with van der Waals surface area (Å²) in [5.41, 5.74) is 6.90. The average Bonchev–Trinajstić information content (AvgIpc) is 2.66. The molecule has 0 fully saturated rings. The Balaban J connectivity index is 1.88. The zero-order chi connectivity index (χ0) is 18.3. The zero-order valence-electron chi connectivity index (χ0n) is 15.6. The lowest BCUT2D eigenvalue weighted by molar-refractivity contribution is 0.861. The third-order valence-corrected chi connectivity index (χ3v) is 4.75. The number of rotatable bonds is 3. The van der Waals surface area contributed by atoms with Crippen molar-refractivity contribution in [2.24, 2.45) is 0 Å². The number of nitrogens with zero attached hydrogens (tertiary/aromatic N) is 4. The molecule has 0 unspecified atom stereocenters. The predicted octanol–water partition coefficient (Wildman–Crippen LogP) is 5.49. The molecule has 0 bridgehead atoms. The van der Waals surface area contributed by atoms with Crippen LogP contribution in [0, 0.1) is 0 Å². The Kier molecular flexibility index (Phi) is 4.11. The summed E-state index contributed by atoms with van der Waals surface area (Å²) in [4.78, 5) is 18.5. The second-order valence-corrected chi connectivity index (χ2v) is 7.31. The van der Waals surface area contributed by atoms with Crippen LogP contribution in [-0.2, 0) is 0 Å². The molecule has 0 atom stereocenters. The summed E-state index contributed by atoms with van der Waals surface area (Å²) < 4.78 is 0. The molecular formula is C22H22N4. The van der Waals surface area contributed by atoms with Crippen molar-refractivity contribution >= 4 is 22.1 Å². The molecule has 0 amide bonds. The number of aromatic nitrogens is 4. The van der Waals surface area contributed by atoms with Crippen molar-refractivity contribution in [1.82, 2.24) is 19.9 Å². The van der Waals surface area contributed by atoms with E-state index in [1.165, 1.54) is 11.1 Å². The molecule has 0 aromatic carbocycles. The van der Waals surface area contributed by atoms with Gasteiger partial charge in [0.2, 0.25) is 0 Å². The van der Waals surface area contributed by atoms with Crippen LogP contribution in [0.1, 0.15) is 50.7 Å². The van der Waals surface area contributed by atoms with E-state index in [-0.39, 0.29) is 0 Å². The van der Waals surface area contributed by atoms with E-state index in [9.17, 15) is 0 Å². The maximum atomic E-state index is 4.76. The van der Waals surface area contributed by atoms with Gasteiger partial charge in [-0.05, 0) is 53.3 Å². The molecule has 0 N–H and O–H groups in total. The van der Waals surface area contributed by atoms with Crippen LogP contribution in [0.4, 0.5) is 0 Å². The van der Waals surface area contributed by atoms with E-state index >= 15 is 0 Å². The quantitative estimate of drug-likeness (QED) is 0.494. The Bertz CT molecular complexity index is 1100. The second-order valence-electron chi connectivity index (χ2n) is 7.31. The summed E-state index contributed by atoms with van der Waals surface area (Å²) in [7, 11) is 0. The summed E-state index contributed by atoms with van der Waals surface area (Å²) in [6.07, 6.45) is 5.61. The lowest BCUT2D eigenvalue weighted by Gasteiger charge is -2.12. The first-order valence-corrected chi connectivity index (χ1v) is 9.04. The Labute approximate surface area is 153 Å². The van der Waals surface area contributed by atoms with Gasteiger partial charge in [0.25, 0.3) is 0 Å². The van der Waals surface area contributed by atoms with E-state index in [4.69, 9.17) is 4.98 Å². The van der Waals surface area contributed by atoms with Gasteiger partial charge in [-0.2, -0.15) is 0 Å². The van der Waals surface area contributed by atoms with Gasteiger partial charge in [0.1, 0.15) is 0 Å². The van der Waals surface area contributed by atoms with Crippen LogP contribution in [0.25, 0.3) is 33.3 Å². The first-order valence-electron chi connectivity index (χ1n) is 9.04. The summed E-state index contributed by atoms with van der Waals surface area (Å²) in [5, 5.41) is 1.11. The van der Waals surface area contributed by atoms with Gasteiger partial charge in [0.05, 0.1) is 16.7 Å². The summed E-state index contributed by atoms with van der Waals surface area (Å²) in [6.45, 7) is 8.71. The van der Waals surface area contributed by atoms with Crippen LogP contribution in [0.2, 0.25) is 0 Å². The fraction of sp³-hybridized carbons (Fsp3) is 0.273. The SMILES string of the molecule is CC(C)c1cnc2cc(-c3cc(C(C)C)c4cccnc4n3)cnc2c1. The molecule has 4 aromatic rings. The predicted molar refractivity (Wildman–Crippen MR) is 106 cm³/mol. The largest absolute Gasteiger partial charge is 0.254 e. The van der Waals surface area contributed by atoms with Crippen molar-refractivity contribution in [3.63, 3.8) is 0 Å². The van der Waals surface area contributed by atoms with Crippen molar-refractivity contribution in [1.29, 1.82) is 0 Å². The minimum absolute atomic E-state index is 0.392. The van der Waals surface area contributed by atoms with Gasteiger partial charge in [0.15, 0.2) is 5.65 Å². The van der Waals surface area contributed by atoms with Crippen molar-refractivity contribution in [2.75, 3.05) is 0 Å². The highest BCUT2D eigenvalue weighted by Gasteiger charge is 2.12.